The van der Waals surface area contributed by atoms with E-state index in [-0.39, 0.29) is 14.9 Å². The Kier molecular flexibility index (Phi) is 19.1. The zero-order valence-corrected chi connectivity index (χ0v) is 7.33. The maximum absolute atomic E-state index is 4.02. The molecule has 0 spiro atoms. The normalized spacial score (nSPS) is 7.31. The largest absolute Gasteiger partial charge is 0.477 e. The van der Waals surface area contributed by atoms with Crippen molar-refractivity contribution in [3.05, 3.63) is 25.5 Å². The fourth-order valence-corrected chi connectivity index (χ4v) is 0.656. The Bertz CT molecular complexity index is 147. The van der Waals surface area contributed by atoms with Gasteiger partial charge in [0.1, 0.15) is 0 Å². The van der Waals surface area contributed by atoms with Gasteiger partial charge in [-0.1, -0.05) is 28.7 Å². The molecule has 1 aromatic heterocycles. The van der Waals surface area contributed by atoms with Crippen LogP contribution in [0.4, 0.5) is 0 Å². The van der Waals surface area contributed by atoms with Gasteiger partial charge in [0.2, 0.25) is 0 Å². The van der Waals surface area contributed by atoms with Crippen LogP contribution in [-0.2, 0) is 6.54 Å². The van der Waals surface area contributed by atoms with Crippen molar-refractivity contribution in [3.63, 3.8) is 0 Å². The highest BCUT2D eigenvalue weighted by Gasteiger charge is 1.85. The first-order valence-electron chi connectivity index (χ1n) is 4.02. The summed E-state index contributed by atoms with van der Waals surface area (Å²) in [6, 6.07) is 1.92. The second kappa shape index (κ2) is 13.7. The zero-order valence-electron chi connectivity index (χ0n) is 7.33. The van der Waals surface area contributed by atoms with E-state index in [1.165, 1.54) is 0 Å². The number of hydrogen-bond acceptors (Lipinski definition) is 1. The molecular formula is C10H25N3. The molecule has 0 fully saturated rings. The van der Waals surface area contributed by atoms with E-state index in [1.807, 2.05) is 36.1 Å². The number of hydrogen-bond donors (Lipinski definition) is 1. The summed E-state index contributed by atoms with van der Waals surface area (Å²) in [4.78, 5) is 0. The Morgan fingerprint density at radius 2 is 2.00 bits per heavy atom. The third kappa shape index (κ3) is 9.08. The highest BCUT2D eigenvalue weighted by molar-refractivity contribution is 4.77. The summed E-state index contributed by atoms with van der Waals surface area (Å²) in [5.74, 6) is 0. The van der Waals surface area contributed by atoms with Crippen molar-refractivity contribution >= 4 is 0 Å². The molecule has 0 aromatic carbocycles. The predicted octanol–water partition coefficient (Wildman–Crippen LogP) is 1.54. The predicted molar refractivity (Wildman–Crippen MR) is 59.2 cm³/mol. The maximum atomic E-state index is 4.02. The molecule has 0 bridgehead atoms. The first-order chi connectivity index (χ1) is 5.43. The van der Waals surface area contributed by atoms with Crippen molar-refractivity contribution in [1.82, 2.24) is 9.78 Å². The fourth-order valence-electron chi connectivity index (χ4n) is 0.656. The molecule has 1 aromatic rings. The molecule has 80 valence electrons. The van der Waals surface area contributed by atoms with Gasteiger partial charge in [-0.05, 0) is 6.07 Å². The minimum absolute atomic E-state index is 0. The lowest BCUT2D eigenvalue weighted by atomic mass is 10.6. The van der Waals surface area contributed by atoms with E-state index >= 15 is 0 Å². The lowest BCUT2D eigenvalue weighted by Gasteiger charge is -1.98. The Hall–Kier alpha value is -0.830. The molecule has 0 unspecified atom stereocenters. The molecule has 0 atom stereocenters. The van der Waals surface area contributed by atoms with Crippen LogP contribution in [0.1, 0.15) is 28.7 Å². The Morgan fingerprint density at radius 3 is 2.38 bits per heavy atom. The van der Waals surface area contributed by atoms with Gasteiger partial charge in [0, 0.05) is 12.4 Å². The quantitative estimate of drug-likeness (QED) is 0.716. The van der Waals surface area contributed by atoms with Crippen molar-refractivity contribution in [2.24, 2.45) is 0 Å². The van der Waals surface area contributed by atoms with Gasteiger partial charge in [0.05, 0.1) is 13.1 Å². The number of nitrogens with zero attached hydrogens (tertiary/aromatic N) is 2. The van der Waals surface area contributed by atoms with Crippen LogP contribution >= 0.6 is 0 Å². The molecule has 2 N–H and O–H groups in total. The maximum Gasteiger partial charge on any atom is 0.0877 e. The standard InChI is InChI=1S/C6H11N3.C2H6.2CH4/c1-7-4-6-9-5-2-3-8-9;1-2;;/h2-3,5H,1,4,6-7H2;1-2H3;2*1H4. The topological polar surface area (TPSA) is 34.4 Å². The first-order valence-corrected chi connectivity index (χ1v) is 4.02. The molecule has 0 radical (unpaired) electrons. The minimum Gasteiger partial charge on any atom is -0.477 e. The van der Waals surface area contributed by atoms with Gasteiger partial charge in [-0.15, -0.1) is 0 Å². The third-order valence-electron chi connectivity index (χ3n) is 1.12. The lowest BCUT2D eigenvalue weighted by Crippen LogP contribution is -2.77. The minimum atomic E-state index is 0. The van der Waals surface area contributed by atoms with Crippen molar-refractivity contribution in [3.8, 4) is 0 Å². The highest BCUT2D eigenvalue weighted by atomic mass is 15.3. The van der Waals surface area contributed by atoms with Gasteiger partial charge >= 0.3 is 0 Å². The van der Waals surface area contributed by atoms with Crippen LogP contribution in [0, 0.1) is 7.05 Å². The smallest absolute Gasteiger partial charge is 0.0877 e. The van der Waals surface area contributed by atoms with Gasteiger partial charge in [-0.2, -0.15) is 12.1 Å². The first kappa shape index (κ1) is 18.1. The molecule has 0 aliphatic rings. The summed E-state index contributed by atoms with van der Waals surface area (Å²) in [5.41, 5.74) is 0. The zero-order chi connectivity index (χ0) is 8.53. The van der Waals surface area contributed by atoms with Gasteiger partial charge in [0.15, 0.2) is 0 Å². The summed E-state index contributed by atoms with van der Waals surface area (Å²) in [7, 11) is 3.62. The molecule has 1 heterocycles. The number of aromatic nitrogens is 2. The van der Waals surface area contributed by atoms with E-state index < -0.39 is 0 Å². The summed E-state index contributed by atoms with van der Waals surface area (Å²) < 4.78 is 1.89. The van der Waals surface area contributed by atoms with Crippen molar-refractivity contribution in [1.29, 1.82) is 0 Å². The van der Waals surface area contributed by atoms with Gasteiger partial charge < -0.3 is 5.32 Å². The van der Waals surface area contributed by atoms with Crippen molar-refractivity contribution in [2.45, 2.75) is 35.2 Å². The van der Waals surface area contributed by atoms with Crippen molar-refractivity contribution in [2.75, 3.05) is 6.54 Å². The second-order valence-corrected chi connectivity index (χ2v) is 1.85. The second-order valence-electron chi connectivity index (χ2n) is 1.85. The molecule has 3 nitrogen and oxygen atoms in total. The number of rotatable bonds is 3. The van der Waals surface area contributed by atoms with E-state index in [4.69, 9.17) is 0 Å². The van der Waals surface area contributed by atoms with Crippen LogP contribution < -0.4 is 5.32 Å². The fraction of sp³-hybridized carbons (Fsp3) is 0.600. The molecule has 0 aliphatic carbocycles. The highest BCUT2D eigenvalue weighted by Crippen LogP contribution is 1.79. The Labute approximate surface area is 83.2 Å². The van der Waals surface area contributed by atoms with Crippen LogP contribution in [0.25, 0.3) is 0 Å². The van der Waals surface area contributed by atoms with Crippen molar-refractivity contribution < 1.29 is 5.32 Å². The van der Waals surface area contributed by atoms with Crippen LogP contribution in [0.5, 0.6) is 0 Å². The van der Waals surface area contributed by atoms with E-state index in [1.54, 1.807) is 6.20 Å². The molecule has 3 heteroatoms. The molecule has 1 rings (SSSR count). The average Bonchev–Trinajstić information content (AvgIpc) is 2.57. The van der Waals surface area contributed by atoms with Gasteiger partial charge in [-0.25, -0.2) is 0 Å². The molecule has 0 aliphatic heterocycles. The summed E-state index contributed by atoms with van der Waals surface area (Å²) >= 11 is 0. The number of quaternary nitrogens is 1. The Morgan fingerprint density at radius 1 is 1.38 bits per heavy atom. The third-order valence-corrected chi connectivity index (χ3v) is 1.12. The number of nitrogens with two attached hydrogens (primary N) is 1. The average molecular weight is 187 g/mol. The van der Waals surface area contributed by atoms with Crippen LogP contribution in [-0.4, -0.2) is 16.3 Å². The summed E-state index contributed by atoms with van der Waals surface area (Å²) in [5, 5.41) is 5.91. The lowest BCUT2D eigenvalue weighted by molar-refractivity contribution is -0.596. The Balaban J connectivity index is -0.000000234. The molecule has 0 amide bonds. The molecule has 0 saturated carbocycles. The van der Waals surface area contributed by atoms with Gasteiger partial charge in [0.25, 0.3) is 0 Å². The SMILES string of the molecule is C.C.CC.[CH2-][NH2+]CCn1cccn1. The van der Waals surface area contributed by atoms with Crippen LogP contribution in [0.15, 0.2) is 18.5 Å². The molecular weight excluding hydrogens is 162 g/mol. The van der Waals surface area contributed by atoms with E-state index in [2.05, 4.69) is 12.1 Å². The van der Waals surface area contributed by atoms with Gasteiger partial charge in [-0.3, -0.25) is 4.68 Å². The van der Waals surface area contributed by atoms with Crippen LogP contribution in [0.2, 0.25) is 0 Å². The van der Waals surface area contributed by atoms with E-state index in [9.17, 15) is 0 Å². The summed E-state index contributed by atoms with van der Waals surface area (Å²) in [6.07, 6.45) is 3.73. The van der Waals surface area contributed by atoms with E-state index in [0.29, 0.717) is 0 Å². The molecule has 13 heavy (non-hydrogen) atoms. The monoisotopic (exact) mass is 187 g/mol. The van der Waals surface area contributed by atoms with E-state index in [0.717, 1.165) is 13.1 Å². The van der Waals surface area contributed by atoms with Crippen LogP contribution in [0.3, 0.4) is 0 Å². The molecule has 0 saturated heterocycles. The summed E-state index contributed by atoms with van der Waals surface area (Å²) in [6.45, 7) is 5.93.